The number of rotatable bonds is 6. The Hall–Kier alpha value is -1.30. The maximum absolute atomic E-state index is 13.5. The average molecular weight is 334 g/mol. The van der Waals surface area contributed by atoms with E-state index in [2.05, 4.69) is 15.9 Å². The van der Waals surface area contributed by atoms with Gasteiger partial charge in [-0.25, -0.2) is 9.18 Å². The first-order valence-electron chi connectivity index (χ1n) is 5.92. The zero-order chi connectivity index (χ0) is 14.4. The molecule has 19 heavy (non-hydrogen) atoms. The lowest BCUT2D eigenvalue weighted by molar-refractivity contribution is 0.0580. The van der Waals surface area contributed by atoms with Crippen LogP contribution in [0.3, 0.4) is 0 Å². The van der Waals surface area contributed by atoms with E-state index in [0.717, 1.165) is 0 Å². The number of hydrogen-bond donors (Lipinski definition) is 1. The Bertz CT molecular complexity index is 440. The van der Waals surface area contributed by atoms with Crippen LogP contribution in [0.2, 0.25) is 0 Å². The average Bonchev–Trinajstić information content (AvgIpc) is 2.25. The van der Waals surface area contributed by atoms with Crippen LogP contribution in [-0.4, -0.2) is 18.8 Å². The molecular weight excluding hydrogens is 317 g/mol. The Morgan fingerprint density at radius 3 is 2.68 bits per heavy atom. The fourth-order valence-corrected chi connectivity index (χ4v) is 1.95. The molecule has 0 saturated heterocycles. The van der Waals surface area contributed by atoms with Gasteiger partial charge in [0.15, 0.2) is 11.6 Å². The summed E-state index contributed by atoms with van der Waals surface area (Å²) in [4.78, 5) is 10.8. The third-order valence-corrected chi connectivity index (χ3v) is 2.83. The van der Waals surface area contributed by atoms with E-state index in [1.807, 2.05) is 13.8 Å². The number of carbonyl (C=O) groups excluding carboxylic acids is 1. The molecule has 6 heteroatoms. The first-order chi connectivity index (χ1) is 8.88. The Morgan fingerprint density at radius 1 is 1.47 bits per heavy atom. The quantitative estimate of drug-likeness (QED) is 0.866. The van der Waals surface area contributed by atoms with Crippen molar-refractivity contribution in [3.8, 4) is 5.75 Å². The SMILES string of the molecule is CC(C)C[C@@H](COc1ccc(Br)cc1F)OC(N)=O. The van der Waals surface area contributed by atoms with Crippen LogP contribution in [-0.2, 0) is 4.74 Å². The molecule has 0 bridgehead atoms. The maximum atomic E-state index is 13.5. The molecule has 1 aromatic rings. The van der Waals surface area contributed by atoms with Gasteiger partial charge in [-0.3, -0.25) is 0 Å². The molecule has 0 spiro atoms. The normalized spacial score (nSPS) is 12.3. The van der Waals surface area contributed by atoms with Crippen molar-refractivity contribution in [1.82, 2.24) is 0 Å². The zero-order valence-electron chi connectivity index (χ0n) is 10.9. The summed E-state index contributed by atoms with van der Waals surface area (Å²) in [7, 11) is 0. The molecule has 4 nitrogen and oxygen atoms in total. The Labute approximate surface area is 120 Å². The highest BCUT2D eigenvalue weighted by Gasteiger charge is 2.16. The third kappa shape index (κ3) is 5.92. The second kappa shape index (κ2) is 7.33. The second-order valence-electron chi connectivity index (χ2n) is 4.57. The third-order valence-electron chi connectivity index (χ3n) is 2.34. The van der Waals surface area contributed by atoms with Gasteiger partial charge in [0.1, 0.15) is 12.7 Å². The van der Waals surface area contributed by atoms with E-state index < -0.39 is 18.0 Å². The van der Waals surface area contributed by atoms with Crippen molar-refractivity contribution in [2.75, 3.05) is 6.61 Å². The van der Waals surface area contributed by atoms with Gasteiger partial charge in [0, 0.05) is 4.47 Å². The number of nitrogens with two attached hydrogens (primary N) is 1. The summed E-state index contributed by atoms with van der Waals surface area (Å²) in [6, 6.07) is 4.49. The zero-order valence-corrected chi connectivity index (χ0v) is 12.4. The van der Waals surface area contributed by atoms with Crippen LogP contribution in [0.4, 0.5) is 9.18 Å². The van der Waals surface area contributed by atoms with Crippen molar-refractivity contribution in [2.45, 2.75) is 26.4 Å². The fourth-order valence-electron chi connectivity index (χ4n) is 1.62. The van der Waals surface area contributed by atoms with Crippen molar-refractivity contribution in [2.24, 2.45) is 11.7 Å². The molecule has 0 aromatic heterocycles. The van der Waals surface area contributed by atoms with Gasteiger partial charge in [0.2, 0.25) is 0 Å². The molecule has 0 unspecified atom stereocenters. The predicted molar refractivity (Wildman–Crippen MR) is 73.5 cm³/mol. The topological polar surface area (TPSA) is 61.6 Å². The molecule has 0 radical (unpaired) electrons. The Kier molecular flexibility index (Phi) is 6.08. The van der Waals surface area contributed by atoms with Crippen LogP contribution < -0.4 is 10.5 Å². The van der Waals surface area contributed by atoms with Gasteiger partial charge in [-0.2, -0.15) is 0 Å². The highest BCUT2D eigenvalue weighted by molar-refractivity contribution is 9.10. The van der Waals surface area contributed by atoms with E-state index in [-0.39, 0.29) is 12.4 Å². The van der Waals surface area contributed by atoms with Gasteiger partial charge in [0.25, 0.3) is 0 Å². The molecule has 0 heterocycles. The number of benzene rings is 1. The Balaban J connectivity index is 2.61. The molecule has 0 saturated carbocycles. The standard InChI is InChI=1S/C13H17BrFNO3/c1-8(2)5-10(19-13(16)17)7-18-12-4-3-9(14)6-11(12)15/h3-4,6,8,10H,5,7H2,1-2H3,(H2,16,17)/t10-/m0/s1. The minimum absolute atomic E-state index is 0.0691. The molecular formula is C13H17BrFNO3. The van der Waals surface area contributed by atoms with E-state index in [4.69, 9.17) is 15.2 Å². The first kappa shape index (κ1) is 15.8. The van der Waals surface area contributed by atoms with Gasteiger partial charge in [-0.05, 0) is 30.5 Å². The molecule has 0 aliphatic carbocycles. The van der Waals surface area contributed by atoms with Crippen LogP contribution in [0.1, 0.15) is 20.3 Å². The highest BCUT2D eigenvalue weighted by atomic mass is 79.9. The van der Waals surface area contributed by atoms with Crippen molar-refractivity contribution in [3.63, 3.8) is 0 Å². The van der Waals surface area contributed by atoms with Gasteiger partial charge in [-0.15, -0.1) is 0 Å². The minimum Gasteiger partial charge on any atom is -0.487 e. The predicted octanol–water partition coefficient (Wildman–Crippen LogP) is 3.48. The number of carbonyl (C=O) groups is 1. The van der Waals surface area contributed by atoms with E-state index in [1.165, 1.54) is 12.1 Å². The summed E-state index contributed by atoms with van der Waals surface area (Å²) in [5.74, 6) is -0.0514. The molecule has 0 fully saturated rings. The van der Waals surface area contributed by atoms with Gasteiger partial charge >= 0.3 is 6.09 Å². The summed E-state index contributed by atoms with van der Waals surface area (Å²) in [5, 5.41) is 0. The summed E-state index contributed by atoms with van der Waals surface area (Å²) >= 11 is 3.16. The monoisotopic (exact) mass is 333 g/mol. The first-order valence-corrected chi connectivity index (χ1v) is 6.71. The van der Waals surface area contributed by atoms with Crippen LogP contribution in [0, 0.1) is 11.7 Å². The molecule has 1 rings (SSSR count). The van der Waals surface area contributed by atoms with Crippen molar-refractivity contribution >= 4 is 22.0 Å². The van der Waals surface area contributed by atoms with Crippen molar-refractivity contribution in [1.29, 1.82) is 0 Å². The van der Waals surface area contributed by atoms with Crippen LogP contribution in [0.5, 0.6) is 5.75 Å². The number of amides is 1. The molecule has 106 valence electrons. The van der Waals surface area contributed by atoms with Crippen molar-refractivity contribution in [3.05, 3.63) is 28.5 Å². The van der Waals surface area contributed by atoms with Crippen LogP contribution in [0.15, 0.2) is 22.7 Å². The lowest BCUT2D eigenvalue weighted by Crippen LogP contribution is -2.29. The summed E-state index contributed by atoms with van der Waals surface area (Å²) in [6.45, 7) is 4.04. The van der Waals surface area contributed by atoms with Crippen molar-refractivity contribution < 1.29 is 18.7 Å². The van der Waals surface area contributed by atoms with Gasteiger partial charge in [0.05, 0.1) is 0 Å². The second-order valence-corrected chi connectivity index (χ2v) is 5.49. The van der Waals surface area contributed by atoms with E-state index >= 15 is 0 Å². The number of halogens is 2. The van der Waals surface area contributed by atoms with Crippen LogP contribution >= 0.6 is 15.9 Å². The molecule has 1 atom stereocenters. The molecule has 1 amide bonds. The Morgan fingerprint density at radius 2 is 2.16 bits per heavy atom. The number of primary amides is 1. The molecule has 2 N–H and O–H groups in total. The summed E-state index contributed by atoms with van der Waals surface area (Å²) < 4.78 is 24.4. The van der Waals surface area contributed by atoms with Crippen LogP contribution in [0.25, 0.3) is 0 Å². The summed E-state index contributed by atoms with van der Waals surface area (Å²) in [6.07, 6.45) is -0.743. The highest BCUT2D eigenvalue weighted by Crippen LogP contribution is 2.22. The number of ether oxygens (including phenoxy) is 2. The largest absolute Gasteiger partial charge is 0.487 e. The minimum atomic E-state index is -0.856. The lowest BCUT2D eigenvalue weighted by atomic mass is 10.1. The molecule has 0 aliphatic rings. The lowest BCUT2D eigenvalue weighted by Gasteiger charge is -2.19. The fraction of sp³-hybridized carbons (Fsp3) is 0.462. The molecule has 1 aromatic carbocycles. The van der Waals surface area contributed by atoms with Gasteiger partial charge < -0.3 is 15.2 Å². The number of hydrogen-bond acceptors (Lipinski definition) is 3. The van der Waals surface area contributed by atoms with E-state index in [0.29, 0.717) is 16.8 Å². The summed E-state index contributed by atoms with van der Waals surface area (Å²) in [5.41, 5.74) is 4.99. The van der Waals surface area contributed by atoms with E-state index in [9.17, 15) is 9.18 Å². The van der Waals surface area contributed by atoms with E-state index in [1.54, 1.807) is 6.07 Å². The van der Waals surface area contributed by atoms with Gasteiger partial charge in [-0.1, -0.05) is 29.8 Å². The maximum Gasteiger partial charge on any atom is 0.404 e. The molecule has 0 aliphatic heterocycles. The smallest absolute Gasteiger partial charge is 0.404 e.